The molecule has 0 aromatic heterocycles. The molecule has 1 atom stereocenters. The van der Waals surface area contributed by atoms with Crippen LogP contribution in [-0.2, 0) is 10.2 Å². The molecular weight excluding hydrogens is 505 g/mol. The maximum absolute atomic E-state index is 5.33. The number of likely N-dealkylation sites (tertiary alicyclic amines) is 1. The molecule has 1 aromatic carbocycles. The first kappa shape index (κ1) is 22.0. The number of nitrogens with one attached hydrogen (secondary N) is 1. The number of hydrogen-bond donors (Lipinski definition) is 1. The topological polar surface area (TPSA) is 36.9 Å². The molecule has 1 heterocycles. The van der Waals surface area contributed by atoms with Gasteiger partial charge >= 0.3 is 0 Å². The van der Waals surface area contributed by atoms with Crippen LogP contribution in [0, 0.1) is 5.92 Å². The minimum absolute atomic E-state index is 0. The van der Waals surface area contributed by atoms with Crippen molar-refractivity contribution in [1.82, 2.24) is 10.2 Å². The Kier molecular flexibility index (Phi) is 8.67. The molecule has 4 nitrogen and oxygen atoms in total. The molecule has 2 fully saturated rings. The summed E-state index contributed by atoms with van der Waals surface area (Å²) in [5.74, 6) is 1.69. The van der Waals surface area contributed by atoms with E-state index in [-0.39, 0.29) is 29.4 Å². The van der Waals surface area contributed by atoms with Gasteiger partial charge < -0.3 is 15.0 Å². The lowest BCUT2D eigenvalue weighted by molar-refractivity contribution is 0.157. The largest absolute Gasteiger partial charge is 0.384 e. The monoisotopic (exact) mass is 535 g/mol. The van der Waals surface area contributed by atoms with Crippen molar-refractivity contribution in [1.29, 1.82) is 0 Å². The Balaban J connectivity index is 0.00000243. The Labute approximate surface area is 183 Å². The van der Waals surface area contributed by atoms with Gasteiger partial charge in [-0.3, -0.25) is 4.99 Å². The summed E-state index contributed by atoms with van der Waals surface area (Å²) >= 11 is 3.62. The highest BCUT2D eigenvalue weighted by molar-refractivity contribution is 14.0. The molecule has 1 aliphatic heterocycles. The Morgan fingerprint density at radius 3 is 2.85 bits per heavy atom. The van der Waals surface area contributed by atoms with Gasteiger partial charge in [0.25, 0.3) is 0 Å². The summed E-state index contributed by atoms with van der Waals surface area (Å²) in [7, 11) is 1.79. The lowest BCUT2D eigenvalue weighted by atomic mass is 9.64. The van der Waals surface area contributed by atoms with E-state index in [0.29, 0.717) is 5.92 Å². The maximum atomic E-state index is 5.33. The number of nitrogens with zero attached hydrogens (tertiary/aromatic N) is 2. The van der Waals surface area contributed by atoms with Crippen molar-refractivity contribution in [3.63, 3.8) is 0 Å². The summed E-state index contributed by atoms with van der Waals surface area (Å²) in [5.41, 5.74) is 1.64. The van der Waals surface area contributed by atoms with Gasteiger partial charge in [0.2, 0.25) is 0 Å². The molecule has 0 amide bonds. The molecule has 0 radical (unpaired) electrons. The molecule has 0 spiro atoms. The van der Waals surface area contributed by atoms with Crippen LogP contribution in [0.4, 0.5) is 0 Å². The predicted octanol–water partition coefficient (Wildman–Crippen LogP) is 4.42. The SMILES string of the molecule is CCNC(=NCC1(c2cccc(Br)c2)CCC1)N1CCC(COC)C1.I. The number of ether oxygens (including phenoxy) is 1. The molecule has 3 rings (SSSR count). The van der Waals surface area contributed by atoms with E-state index < -0.39 is 0 Å². The second-order valence-corrected chi connectivity index (χ2v) is 8.29. The fourth-order valence-corrected chi connectivity index (χ4v) is 4.41. The van der Waals surface area contributed by atoms with Crippen LogP contribution in [-0.4, -0.2) is 50.8 Å². The quantitative estimate of drug-likeness (QED) is 0.333. The molecular formula is C20H31BrIN3O. The molecule has 0 bridgehead atoms. The van der Waals surface area contributed by atoms with Crippen LogP contribution in [0.25, 0.3) is 0 Å². The normalized spacial score (nSPS) is 21.9. The van der Waals surface area contributed by atoms with Gasteiger partial charge in [-0.15, -0.1) is 24.0 Å². The summed E-state index contributed by atoms with van der Waals surface area (Å²) in [6, 6.07) is 8.77. The van der Waals surface area contributed by atoms with Gasteiger partial charge in [-0.1, -0.05) is 34.5 Å². The van der Waals surface area contributed by atoms with Gasteiger partial charge in [0, 0.05) is 42.5 Å². The summed E-state index contributed by atoms with van der Waals surface area (Å²) in [4.78, 5) is 7.47. The van der Waals surface area contributed by atoms with Crippen LogP contribution in [0.1, 0.15) is 38.2 Å². The third kappa shape index (κ3) is 5.13. The fourth-order valence-electron chi connectivity index (χ4n) is 4.01. The molecule has 1 aromatic rings. The third-order valence-electron chi connectivity index (χ3n) is 5.60. The first-order valence-electron chi connectivity index (χ1n) is 9.45. The Morgan fingerprint density at radius 1 is 1.42 bits per heavy atom. The minimum Gasteiger partial charge on any atom is -0.384 e. The number of rotatable bonds is 6. The lowest BCUT2D eigenvalue weighted by Crippen LogP contribution is -2.43. The highest BCUT2D eigenvalue weighted by atomic mass is 127. The molecule has 26 heavy (non-hydrogen) atoms. The van der Waals surface area contributed by atoms with Crippen molar-refractivity contribution in [2.45, 2.75) is 38.0 Å². The highest BCUT2D eigenvalue weighted by Crippen LogP contribution is 2.44. The van der Waals surface area contributed by atoms with E-state index in [4.69, 9.17) is 9.73 Å². The molecule has 2 aliphatic rings. The summed E-state index contributed by atoms with van der Waals surface area (Å²) < 4.78 is 6.49. The predicted molar refractivity (Wildman–Crippen MR) is 123 cm³/mol. The summed E-state index contributed by atoms with van der Waals surface area (Å²) in [5, 5.41) is 3.50. The number of hydrogen-bond acceptors (Lipinski definition) is 2. The van der Waals surface area contributed by atoms with Crippen LogP contribution >= 0.6 is 39.9 Å². The molecule has 1 saturated heterocycles. The Hall–Kier alpha value is -0.340. The highest BCUT2D eigenvalue weighted by Gasteiger charge is 2.39. The van der Waals surface area contributed by atoms with Crippen LogP contribution < -0.4 is 5.32 Å². The minimum atomic E-state index is 0. The smallest absolute Gasteiger partial charge is 0.193 e. The zero-order chi connectivity index (χ0) is 17.7. The number of benzene rings is 1. The standard InChI is InChI=1S/C20H30BrN3O.HI/c1-3-22-19(24-11-8-16(13-24)14-25-2)23-15-20(9-5-10-20)17-6-4-7-18(21)12-17;/h4,6-7,12,16H,3,5,8-11,13-15H2,1-2H3,(H,22,23);1H. The van der Waals surface area contributed by atoms with E-state index in [1.807, 2.05) is 0 Å². The molecule has 1 saturated carbocycles. The zero-order valence-electron chi connectivity index (χ0n) is 15.8. The van der Waals surface area contributed by atoms with E-state index >= 15 is 0 Å². The number of halogens is 2. The van der Waals surface area contributed by atoms with E-state index in [1.165, 1.54) is 31.2 Å². The van der Waals surface area contributed by atoms with Gasteiger partial charge in [-0.2, -0.15) is 0 Å². The average molecular weight is 536 g/mol. The van der Waals surface area contributed by atoms with Crippen molar-refractivity contribution in [3.05, 3.63) is 34.3 Å². The van der Waals surface area contributed by atoms with Gasteiger partial charge in [0.1, 0.15) is 0 Å². The number of methoxy groups -OCH3 is 1. The average Bonchev–Trinajstić information content (AvgIpc) is 3.02. The number of guanidine groups is 1. The van der Waals surface area contributed by atoms with Crippen molar-refractivity contribution < 1.29 is 4.74 Å². The molecule has 1 N–H and O–H groups in total. The Bertz CT molecular complexity index is 606. The van der Waals surface area contributed by atoms with Crippen molar-refractivity contribution >= 4 is 45.9 Å². The first-order chi connectivity index (χ1) is 12.2. The van der Waals surface area contributed by atoms with Crippen molar-refractivity contribution in [2.24, 2.45) is 10.9 Å². The van der Waals surface area contributed by atoms with E-state index in [9.17, 15) is 0 Å². The van der Waals surface area contributed by atoms with Crippen molar-refractivity contribution in [3.8, 4) is 0 Å². The van der Waals surface area contributed by atoms with Crippen molar-refractivity contribution in [2.75, 3.05) is 39.9 Å². The third-order valence-corrected chi connectivity index (χ3v) is 6.10. The van der Waals surface area contributed by atoms with Crippen LogP contribution in [0.15, 0.2) is 33.7 Å². The van der Waals surface area contributed by atoms with E-state index in [2.05, 4.69) is 57.3 Å². The van der Waals surface area contributed by atoms with Gasteiger partial charge in [-0.25, -0.2) is 0 Å². The lowest BCUT2D eigenvalue weighted by Gasteiger charge is -2.41. The second-order valence-electron chi connectivity index (χ2n) is 7.37. The zero-order valence-corrected chi connectivity index (χ0v) is 19.8. The molecule has 146 valence electrons. The first-order valence-corrected chi connectivity index (χ1v) is 10.2. The van der Waals surface area contributed by atoms with Crippen LogP contribution in [0.5, 0.6) is 0 Å². The van der Waals surface area contributed by atoms with Crippen LogP contribution in [0.3, 0.4) is 0 Å². The maximum Gasteiger partial charge on any atom is 0.193 e. The fraction of sp³-hybridized carbons (Fsp3) is 0.650. The Morgan fingerprint density at radius 2 is 2.23 bits per heavy atom. The molecule has 1 aliphatic carbocycles. The van der Waals surface area contributed by atoms with Gasteiger partial charge in [0.15, 0.2) is 5.96 Å². The van der Waals surface area contributed by atoms with Gasteiger partial charge in [0.05, 0.1) is 13.2 Å². The van der Waals surface area contributed by atoms with E-state index in [1.54, 1.807) is 7.11 Å². The second kappa shape index (κ2) is 10.3. The summed E-state index contributed by atoms with van der Waals surface area (Å²) in [6.45, 7) is 6.89. The van der Waals surface area contributed by atoms with Crippen LogP contribution in [0.2, 0.25) is 0 Å². The van der Waals surface area contributed by atoms with Gasteiger partial charge in [-0.05, 0) is 43.9 Å². The number of aliphatic imine (C=N–C) groups is 1. The summed E-state index contributed by atoms with van der Waals surface area (Å²) in [6.07, 6.45) is 4.96. The molecule has 6 heteroatoms. The van der Waals surface area contributed by atoms with E-state index in [0.717, 1.165) is 43.2 Å². The molecule has 1 unspecified atom stereocenters.